The molecule has 2 N–H and O–H groups in total. The van der Waals surface area contributed by atoms with E-state index in [-0.39, 0.29) is 4.90 Å². The Morgan fingerprint density at radius 3 is 2.23 bits per heavy atom. The van der Waals surface area contributed by atoms with Crippen molar-refractivity contribution in [1.82, 2.24) is 15.2 Å². The second-order valence-electron chi connectivity index (χ2n) is 5.95. The van der Waals surface area contributed by atoms with Crippen molar-refractivity contribution in [2.45, 2.75) is 18.7 Å². The van der Waals surface area contributed by atoms with E-state index < -0.39 is 28.4 Å². The molecule has 8 heteroatoms. The van der Waals surface area contributed by atoms with Crippen molar-refractivity contribution in [1.29, 1.82) is 0 Å². The molecule has 0 aromatic heterocycles. The standard InChI is InChI=1S/C18H21N3O4S/c1-13-7-9-16(10-8-13)26(24,25)21(3)12-17(22)19-20-18(23)15-6-4-5-14(2)11-15/h4-11H,12H2,1-3H3,(H,19,22)(H,20,23). The van der Waals surface area contributed by atoms with Gasteiger partial charge in [-0.05, 0) is 38.1 Å². The van der Waals surface area contributed by atoms with E-state index in [0.29, 0.717) is 5.56 Å². The largest absolute Gasteiger partial charge is 0.272 e. The first kappa shape index (κ1) is 19.6. The average molecular weight is 375 g/mol. The summed E-state index contributed by atoms with van der Waals surface area (Å²) in [7, 11) is -2.48. The molecule has 0 aliphatic rings. The molecule has 0 unspecified atom stereocenters. The number of sulfonamides is 1. The van der Waals surface area contributed by atoms with Crippen LogP contribution >= 0.6 is 0 Å². The molecule has 2 amide bonds. The number of benzene rings is 2. The molecular formula is C18H21N3O4S. The number of hydrogen-bond donors (Lipinski definition) is 2. The minimum absolute atomic E-state index is 0.0993. The summed E-state index contributed by atoms with van der Waals surface area (Å²) in [6.45, 7) is 3.27. The number of likely N-dealkylation sites (N-methyl/N-ethyl adjacent to an activating group) is 1. The number of amides is 2. The SMILES string of the molecule is Cc1ccc(S(=O)(=O)N(C)CC(=O)NNC(=O)c2cccc(C)c2)cc1. The summed E-state index contributed by atoms with van der Waals surface area (Å²) in [5, 5.41) is 0. The molecule has 138 valence electrons. The fourth-order valence-corrected chi connectivity index (χ4v) is 3.33. The number of nitrogens with zero attached hydrogens (tertiary/aromatic N) is 1. The van der Waals surface area contributed by atoms with Gasteiger partial charge < -0.3 is 0 Å². The van der Waals surface area contributed by atoms with Crippen molar-refractivity contribution < 1.29 is 18.0 Å². The molecule has 26 heavy (non-hydrogen) atoms. The molecule has 2 rings (SSSR count). The molecule has 0 heterocycles. The van der Waals surface area contributed by atoms with Crippen LogP contribution in [0.5, 0.6) is 0 Å². The predicted octanol–water partition coefficient (Wildman–Crippen LogP) is 1.39. The molecule has 0 fully saturated rings. The van der Waals surface area contributed by atoms with E-state index in [1.165, 1.54) is 19.2 Å². The van der Waals surface area contributed by atoms with Crippen LogP contribution in [0.4, 0.5) is 0 Å². The van der Waals surface area contributed by atoms with Crippen LogP contribution < -0.4 is 10.9 Å². The van der Waals surface area contributed by atoms with E-state index in [0.717, 1.165) is 15.4 Å². The predicted molar refractivity (Wildman–Crippen MR) is 97.8 cm³/mol. The number of carbonyl (C=O) groups is 2. The van der Waals surface area contributed by atoms with Crippen molar-refractivity contribution in [3.63, 3.8) is 0 Å². The van der Waals surface area contributed by atoms with E-state index in [2.05, 4.69) is 10.9 Å². The number of aryl methyl sites for hydroxylation is 2. The number of hydrogen-bond acceptors (Lipinski definition) is 4. The second kappa shape index (κ2) is 8.11. The first-order valence-electron chi connectivity index (χ1n) is 7.89. The number of rotatable bonds is 5. The van der Waals surface area contributed by atoms with Gasteiger partial charge in [0.15, 0.2) is 0 Å². The fraction of sp³-hybridized carbons (Fsp3) is 0.222. The molecule has 7 nitrogen and oxygen atoms in total. The highest BCUT2D eigenvalue weighted by molar-refractivity contribution is 7.89. The zero-order valence-electron chi connectivity index (χ0n) is 14.8. The minimum Gasteiger partial charge on any atom is -0.272 e. The van der Waals surface area contributed by atoms with Gasteiger partial charge in [0.1, 0.15) is 0 Å². The molecule has 2 aromatic carbocycles. The van der Waals surface area contributed by atoms with Crippen LogP contribution in [0, 0.1) is 13.8 Å². The van der Waals surface area contributed by atoms with E-state index in [1.54, 1.807) is 30.3 Å². The molecular weight excluding hydrogens is 354 g/mol. The quantitative estimate of drug-likeness (QED) is 0.772. The van der Waals surface area contributed by atoms with Crippen molar-refractivity contribution in [2.24, 2.45) is 0 Å². The third-order valence-electron chi connectivity index (χ3n) is 3.69. The van der Waals surface area contributed by atoms with Gasteiger partial charge in [0.2, 0.25) is 10.0 Å². The van der Waals surface area contributed by atoms with E-state index >= 15 is 0 Å². The first-order chi connectivity index (χ1) is 12.2. The highest BCUT2D eigenvalue weighted by Gasteiger charge is 2.23. The van der Waals surface area contributed by atoms with Crippen molar-refractivity contribution in [3.05, 3.63) is 65.2 Å². The lowest BCUT2D eigenvalue weighted by Crippen LogP contribution is -2.46. The highest BCUT2D eigenvalue weighted by Crippen LogP contribution is 2.14. The van der Waals surface area contributed by atoms with Gasteiger partial charge in [-0.2, -0.15) is 4.31 Å². The van der Waals surface area contributed by atoms with Crippen LogP contribution in [0.15, 0.2) is 53.4 Å². The molecule has 2 aromatic rings. The van der Waals surface area contributed by atoms with Gasteiger partial charge in [-0.1, -0.05) is 35.4 Å². The van der Waals surface area contributed by atoms with Crippen LogP contribution in [-0.4, -0.2) is 38.1 Å². The van der Waals surface area contributed by atoms with Crippen molar-refractivity contribution in [2.75, 3.05) is 13.6 Å². The summed E-state index contributed by atoms with van der Waals surface area (Å²) in [6.07, 6.45) is 0. The third-order valence-corrected chi connectivity index (χ3v) is 5.51. The van der Waals surface area contributed by atoms with Crippen LogP contribution in [-0.2, 0) is 14.8 Å². The fourth-order valence-electron chi connectivity index (χ4n) is 2.20. The Balaban J connectivity index is 1.94. The van der Waals surface area contributed by atoms with Crippen LogP contribution in [0.1, 0.15) is 21.5 Å². The summed E-state index contributed by atoms with van der Waals surface area (Å²) in [4.78, 5) is 24.0. The van der Waals surface area contributed by atoms with Crippen LogP contribution in [0.25, 0.3) is 0 Å². The number of carbonyl (C=O) groups excluding carboxylic acids is 2. The van der Waals surface area contributed by atoms with Gasteiger partial charge >= 0.3 is 0 Å². The summed E-state index contributed by atoms with van der Waals surface area (Å²) in [6, 6.07) is 13.2. The summed E-state index contributed by atoms with van der Waals surface area (Å²) in [5.74, 6) is -1.13. The van der Waals surface area contributed by atoms with Crippen molar-refractivity contribution in [3.8, 4) is 0 Å². The average Bonchev–Trinajstić information content (AvgIpc) is 2.60. The Morgan fingerprint density at radius 1 is 0.962 bits per heavy atom. The van der Waals surface area contributed by atoms with Crippen LogP contribution in [0.3, 0.4) is 0 Å². The smallest absolute Gasteiger partial charge is 0.269 e. The van der Waals surface area contributed by atoms with E-state index in [1.807, 2.05) is 19.9 Å². The lowest BCUT2D eigenvalue weighted by atomic mass is 10.1. The summed E-state index contributed by atoms with van der Waals surface area (Å²) >= 11 is 0. The van der Waals surface area contributed by atoms with Crippen LogP contribution in [0.2, 0.25) is 0 Å². The van der Waals surface area contributed by atoms with Gasteiger partial charge in [0, 0.05) is 12.6 Å². The van der Waals surface area contributed by atoms with E-state index in [9.17, 15) is 18.0 Å². The molecule has 0 spiro atoms. The lowest BCUT2D eigenvalue weighted by Gasteiger charge is -2.17. The van der Waals surface area contributed by atoms with Crippen molar-refractivity contribution >= 4 is 21.8 Å². The Kier molecular flexibility index (Phi) is 6.12. The molecule has 0 aliphatic carbocycles. The number of nitrogens with one attached hydrogen (secondary N) is 2. The molecule has 0 aliphatic heterocycles. The second-order valence-corrected chi connectivity index (χ2v) is 7.99. The maximum Gasteiger partial charge on any atom is 0.269 e. The Morgan fingerprint density at radius 2 is 1.62 bits per heavy atom. The lowest BCUT2D eigenvalue weighted by molar-refractivity contribution is -0.121. The molecule has 0 bridgehead atoms. The summed E-state index contributed by atoms with van der Waals surface area (Å²) in [5.41, 5.74) is 6.73. The third kappa shape index (κ3) is 4.90. The zero-order chi connectivity index (χ0) is 19.3. The maximum atomic E-state index is 12.4. The Hall–Kier alpha value is -2.71. The van der Waals surface area contributed by atoms with Gasteiger partial charge in [-0.25, -0.2) is 8.42 Å². The summed E-state index contributed by atoms with van der Waals surface area (Å²) < 4.78 is 25.8. The zero-order valence-corrected chi connectivity index (χ0v) is 15.6. The van der Waals surface area contributed by atoms with Gasteiger partial charge in [-0.3, -0.25) is 20.4 Å². The van der Waals surface area contributed by atoms with Gasteiger partial charge in [0.25, 0.3) is 11.8 Å². The van der Waals surface area contributed by atoms with Gasteiger partial charge in [-0.15, -0.1) is 0 Å². The monoisotopic (exact) mass is 375 g/mol. The minimum atomic E-state index is -3.79. The van der Waals surface area contributed by atoms with E-state index in [4.69, 9.17) is 0 Å². The molecule has 0 atom stereocenters. The molecule has 0 saturated heterocycles. The van der Waals surface area contributed by atoms with Gasteiger partial charge in [0.05, 0.1) is 11.4 Å². The topological polar surface area (TPSA) is 95.6 Å². The number of hydrazine groups is 1. The normalized spacial score (nSPS) is 11.2. The maximum absolute atomic E-state index is 12.4. The highest BCUT2D eigenvalue weighted by atomic mass is 32.2. The first-order valence-corrected chi connectivity index (χ1v) is 9.33. The molecule has 0 saturated carbocycles. The molecule has 0 radical (unpaired) electrons. The Labute approximate surface area is 153 Å². The Bertz CT molecular complexity index is 908.